The molecule has 0 bridgehead atoms. The average Bonchev–Trinajstić information content (AvgIpc) is 2.90. The van der Waals surface area contributed by atoms with Crippen LogP contribution in [0.5, 0.6) is 11.5 Å². The third kappa shape index (κ3) is 5.68. The summed E-state index contributed by atoms with van der Waals surface area (Å²) in [7, 11) is -10.6. The number of anilines is 1. The Morgan fingerprint density at radius 1 is 0.590 bits per heavy atom. The van der Waals surface area contributed by atoms with Crippen LogP contribution in [0.3, 0.4) is 0 Å². The predicted molar refractivity (Wildman–Crippen MR) is 142 cm³/mol. The third-order valence-corrected chi connectivity index (χ3v) is 6.57. The lowest BCUT2D eigenvalue weighted by atomic mass is 9.99. The van der Waals surface area contributed by atoms with Crippen LogP contribution in [-0.4, -0.2) is 31.8 Å². The highest BCUT2D eigenvalue weighted by molar-refractivity contribution is 7.81. The van der Waals surface area contributed by atoms with Crippen LogP contribution in [0.4, 0.5) is 5.69 Å². The molecule has 0 heterocycles. The van der Waals surface area contributed by atoms with Crippen molar-refractivity contribution in [3.63, 3.8) is 0 Å². The lowest BCUT2D eigenvalue weighted by Gasteiger charge is -2.21. The van der Waals surface area contributed by atoms with E-state index in [1.54, 1.807) is 24.3 Å². The van der Waals surface area contributed by atoms with E-state index in [9.17, 15) is 30.7 Å². The fourth-order valence-corrected chi connectivity index (χ4v) is 5.03. The fraction of sp³-hybridized carbons (Fsp3) is 0. The van der Waals surface area contributed by atoms with Gasteiger partial charge < -0.3 is 22.8 Å². The lowest BCUT2D eigenvalue weighted by Crippen LogP contribution is -2.14. The summed E-state index contributed by atoms with van der Waals surface area (Å²) in [6, 6.07) is 26.0. The smallest absolute Gasteiger partial charge is 0.262 e. The van der Waals surface area contributed by atoms with Crippen molar-refractivity contribution in [1.82, 2.24) is 0 Å². The van der Waals surface area contributed by atoms with Gasteiger partial charge in [-0.05, 0) is 29.3 Å². The molecule has 198 valence electrons. The predicted octanol–water partition coefficient (Wildman–Crippen LogP) is 4.59. The summed E-state index contributed by atoms with van der Waals surface area (Å²) in [5.74, 6) is -1.48. The molecule has 0 aliphatic rings. The monoisotopic (exact) mass is 563 g/mol. The van der Waals surface area contributed by atoms with Crippen LogP contribution < -0.4 is 13.7 Å². The largest absolute Gasteiger partial charge is 0.716 e. The topological polar surface area (TPSA) is 162 Å². The van der Waals surface area contributed by atoms with Crippen molar-refractivity contribution in [3.05, 3.63) is 103 Å². The molecular weight excluding hydrogens is 546 g/mol. The number of amides is 1. The zero-order chi connectivity index (χ0) is 27.8. The summed E-state index contributed by atoms with van der Waals surface area (Å²) in [4.78, 5) is 13.2. The van der Waals surface area contributed by atoms with Gasteiger partial charge >= 0.3 is 0 Å². The molecule has 0 radical (unpaired) electrons. The van der Waals surface area contributed by atoms with Crippen molar-refractivity contribution >= 4 is 53.9 Å². The first-order valence-electron chi connectivity index (χ1n) is 11.2. The molecular formula is C27H17NO9S2-2. The normalized spacial score (nSPS) is 11.8. The van der Waals surface area contributed by atoms with Gasteiger partial charge in [-0.2, -0.15) is 0 Å². The lowest BCUT2D eigenvalue weighted by molar-refractivity contribution is 0.102. The van der Waals surface area contributed by atoms with Gasteiger partial charge in [0.15, 0.2) is 11.5 Å². The van der Waals surface area contributed by atoms with Crippen LogP contribution in [0.2, 0.25) is 0 Å². The molecule has 5 rings (SSSR count). The maximum atomic E-state index is 13.2. The SMILES string of the molecule is O=C(Nc1cccc2c(OS(=O)(=O)[O-])c3ccccc3c(OS(=O)(=O)[O-])c12)c1ccc(-c2ccccc2)cc1. The Labute approximate surface area is 223 Å². The third-order valence-electron chi connectivity index (χ3n) is 5.83. The summed E-state index contributed by atoms with van der Waals surface area (Å²) in [6.45, 7) is 0. The van der Waals surface area contributed by atoms with Crippen LogP contribution in [0.1, 0.15) is 10.4 Å². The van der Waals surface area contributed by atoms with Gasteiger partial charge in [0.05, 0.1) is 11.1 Å². The molecule has 1 amide bonds. The van der Waals surface area contributed by atoms with Gasteiger partial charge in [0.25, 0.3) is 26.7 Å². The minimum Gasteiger partial charge on any atom is -0.716 e. The zero-order valence-electron chi connectivity index (χ0n) is 19.7. The van der Waals surface area contributed by atoms with E-state index in [0.717, 1.165) is 11.1 Å². The first-order chi connectivity index (χ1) is 18.5. The van der Waals surface area contributed by atoms with Gasteiger partial charge in [-0.1, -0.05) is 78.9 Å². The van der Waals surface area contributed by atoms with Crippen LogP contribution in [0.25, 0.3) is 32.7 Å². The molecule has 0 spiro atoms. The van der Waals surface area contributed by atoms with E-state index in [1.807, 2.05) is 30.3 Å². The Kier molecular flexibility index (Phi) is 6.70. The molecule has 12 heteroatoms. The number of nitrogens with one attached hydrogen (secondary N) is 1. The number of hydrogen-bond acceptors (Lipinski definition) is 9. The molecule has 1 N–H and O–H groups in total. The van der Waals surface area contributed by atoms with E-state index in [-0.39, 0.29) is 32.8 Å². The first kappa shape index (κ1) is 26.1. The quantitative estimate of drug-likeness (QED) is 0.169. The molecule has 0 fully saturated rings. The minimum atomic E-state index is -5.32. The van der Waals surface area contributed by atoms with Crippen molar-refractivity contribution < 1.29 is 39.1 Å². The summed E-state index contributed by atoms with van der Waals surface area (Å²) in [5.41, 5.74) is 2.06. The van der Waals surface area contributed by atoms with E-state index in [2.05, 4.69) is 5.32 Å². The molecule has 0 aliphatic carbocycles. The van der Waals surface area contributed by atoms with Gasteiger partial charge in [-0.3, -0.25) is 4.79 Å². The first-order valence-corrected chi connectivity index (χ1v) is 13.9. The number of rotatable bonds is 7. The van der Waals surface area contributed by atoms with E-state index >= 15 is 0 Å². The van der Waals surface area contributed by atoms with Crippen LogP contribution in [0.15, 0.2) is 97.1 Å². The summed E-state index contributed by atoms with van der Waals surface area (Å²) >= 11 is 0. The van der Waals surface area contributed by atoms with E-state index in [4.69, 9.17) is 8.37 Å². The standard InChI is InChI=1S/C27H19NO9S2/c29-27(19-15-13-18(14-16-19)17-7-2-1-3-8-17)28-23-12-6-11-22-24(23)26(37-39(33,34)35)21-10-5-4-9-20(21)25(22)36-38(30,31)32/h1-16H,(H,28,29)(H,30,31,32)(H,33,34,35)/p-2. The number of fused-ring (bicyclic) bond motifs is 2. The molecule has 0 aliphatic heterocycles. The highest BCUT2D eigenvalue weighted by atomic mass is 32.3. The van der Waals surface area contributed by atoms with Crippen LogP contribution in [0, 0.1) is 0 Å². The van der Waals surface area contributed by atoms with E-state index in [1.165, 1.54) is 42.5 Å². The summed E-state index contributed by atoms with van der Waals surface area (Å²) in [5, 5.41) is 2.33. The van der Waals surface area contributed by atoms with Gasteiger partial charge in [0.1, 0.15) is 0 Å². The van der Waals surface area contributed by atoms with E-state index in [0.29, 0.717) is 0 Å². The van der Waals surface area contributed by atoms with Crippen molar-refractivity contribution in [2.24, 2.45) is 0 Å². The minimum absolute atomic E-state index is 0.0111. The Morgan fingerprint density at radius 2 is 1.10 bits per heavy atom. The number of benzene rings is 5. The van der Waals surface area contributed by atoms with Crippen LogP contribution >= 0.6 is 0 Å². The van der Waals surface area contributed by atoms with Crippen molar-refractivity contribution in [2.45, 2.75) is 0 Å². The van der Waals surface area contributed by atoms with Crippen molar-refractivity contribution in [1.29, 1.82) is 0 Å². The van der Waals surface area contributed by atoms with E-state index < -0.39 is 38.2 Å². The van der Waals surface area contributed by atoms with Crippen molar-refractivity contribution in [2.75, 3.05) is 5.32 Å². The summed E-state index contributed by atoms with van der Waals surface area (Å²) < 4.78 is 79.2. The van der Waals surface area contributed by atoms with Gasteiger partial charge in [0.2, 0.25) is 0 Å². The highest BCUT2D eigenvalue weighted by Crippen LogP contribution is 2.46. The molecule has 39 heavy (non-hydrogen) atoms. The second kappa shape index (κ2) is 10.0. The number of carbonyl (C=O) groups is 1. The molecule has 0 unspecified atom stereocenters. The molecule has 10 nitrogen and oxygen atoms in total. The fourth-order valence-electron chi connectivity index (χ4n) is 4.27. The van der Waals surface area contributed by atoms with Crippen LogP contribution in [-0.2, 0) is 20.8 Å². The molecule has 0 aromatic heterocycles. The molecule has 0 atom stereocenters. The van der Waals surface area contributed by atoms with Gasteiger partial charge in [-0.15, -0.1) is 0 Å². The molecule has 0 saturated carbocycles. The van der Waals surface area contributed by atoms with Crippen molar-refractivity contribution in [3.8, 4) is 22.6 Å². The van der Waals surface area contributed by atoms with Gasteiger partial charge in [0, 0.05) is 21.7 Å². The second-order valence-corrected chi connectivity index (χ2v) is 10.3. The zero-order valence-corrected chi connectivity index (χ0v) is 21.4. The second-order valence-electron chi connectivity index (χ2n) is 8.31. The average molecular weight is 564 g/mol. The Hall–Kier alpha value is -4.49. The maximum Gasteiger partial charge on any atom is 0.262 e. The molecule has 5 aromatic carbocycles. The summed E-state index contributed by atoms with van der Waals surface area (Å²) in [6.07, 6.45) is 0. The molecule has 5 aromatic rings. The Balaban J connectivity index is 1.66. The van der Waals surface area contributed by atoms with Gasteiger partial charge in [-0.25, -0.2) is 16.8 Å². The Bertz CT molecular complexity index is 1940. The Morgan fingerprint density at radius 3 is 1.72 bits per heavy atom. The molecule has 0 saturated heterocycles. The highest BCUT2D eigenvalue weighted by Gasteiger charge is 2.22. The number of hydrogen-bond donors (Lipinski definition) is 1. The number of carbonyl (C=O) groups excluding carboxylic acids is 1. The maximum absolute atomic E-state index is 13.2.